The van der Waals surface area contributed by atoms with E-state index >= 15 is 0 Å². The van der Waals surface area contributed by atoms with Crippen molar-refractivity contribution >= 4 is 28.6 Å². The maximum Gasteiger partial charge on any atom is 0.263 e. The molecule has 146 valence electrons. The van der Waals surface area contributed by atoms with Gasteiger partial charge in [-0.15, -0.1) is 0 Å². The summed E-state index contributed by atoms with van der Waals surface area (Å²) in [7, 11) is 0. The van der Waals surface area contributed by atoms with Gasteiger partial charge in [-0.1, -0.05) is 23.7 Å². The fraction of sp³-hybridized carbons (Fsp3) is 0.364. The number of hydrogen-bond acceptors (Lipinski definition) is 4. The van der Waals surface area contributed by atoms with Crippen molar-refractivity contribution < 1.29 is 13.9 Å². The van der Waals surface area contributed by atoms with Gasteiger partial charge in [0, 0.05) is 24.0 Å². The molecule has 0 saturated carbocycles. The molecule has 1 unspecified atom stereocenters. The molecular weight excluding hydrogens is 376 g/mol. The van der Waals surface area contributed by atoms with Crippen molar-refractivity contribution in [3.8, 4) is 5.75 Å². The van der Waals surface area contributed by atoms with Crippen molar-refractivity contribution in [3.05, 3.63) is 58.9 Å². The van der Waals surface area contributed by atoms with Gasteiger partial charge in [0.1, 0.15) is 11.3 Å². The molecule has 0 aliphatic carbocycles. The van der Waals surface area contributed by atoms with E-state index < -0.39 is 6.10 Å². The zero-order valence-electron chi connectivity index (χ0n) is 16.0. The van der Waals surface area contributed by atoms with E-state index in [2.05, 4.69) is 4.98 Å². The maximum atomic E-state index is 12.8. The molecule has 2 heterocycles. The highest BCUT2D eigenvalue weighted by atomic mass is 35.5. The van der Waals surface area contributed by atoms with Gasteiger partial charge in [0.05, 0.1) is 0 Å². The highest BCUT2D eigenvalue weighted by Gasteiger charge is 2.30. The second kappa shape index (κ2) is 7.84. The molecule has 0 bridgehead atoms. The SMILES string of the molecule is Cc1cc(Cl)ccc1OC(C)C(=O)N1CCC(c2nc3ccccc3o2)CC1. The van der Waals surface area contributed by atoms with E-state index in [1.807, 2.05) is 42.2 Å². The molecular formula is C22H23ClN2O3. The third-order valence-electron chi connectivity index (χ3n) is 5.25. The van der Waals surface area contributed by atoms with Gasteiger partial charge in [0.25, 0.3) is 5.91 Å². The van der Waals surface area contributed by atoms with Crippen molar-refractivity contribution in [2.45, 2.75) is 38.7 Å². The Labute approximate surface area is 169 Å². The predicted octanol–water partition coefficient (Wildman–Crippen LogP) is 4.96. The molecule has 4 rings (SSSR count). The highest BCUT2D eigenvalue weighted by Crippen LogP contribution is 2.30. The quantitative estimate of drug-likeness (QED) is 0.623. The lowest BCUT2D eigenvalue weighted by Crippen LogP contribution is -2.44. The van der Waals surface area contributed by atoms with Crippen LogP contribution in [0.5, 0.6) is 5.75 Å². The molecule has 1 fully saturated rings. The van der Waals surface area contributed by atoms with Gasteiger partial charge in [-0.25, -0.2) is 4.98 Å². The molecule has 1 atom stereocenters. The van der Waals surface area contributed by atoms with Gasteiger partial charge < -0.3 is 14.1 Å². The van der Waals surface area contributed by atoms with Crippen LogP contribution in [-0.4, -0.2) is 35.0 Å². The largest absolute Gasteiger partial charge is 0.481 e. The van der Waals surface area contributed by atoms with Gasteiger partial charge in [-0.05, 0) is 62.6 Å². The van der Waals surface area contributed by atoms with Crippen molar-refractivity contribution in [2.75, 3.05) is 13.1 Å². The van der Waals surface area contributed by atoms with Crippen LogP contribution >= 0.6 is 11.6 Å². The van der Waals surface area contributed by atoms with E-state index in [-0.39, 0.29) is 11.8 Å². The smallest absolute Gasteiger partial charge is 0.263 e. The van der Waals surface area contributed by atoms with Crippen LogP contribution in [0, 0.1) is 6.92 Å². The summed E-state index contributed by atoms with van der Waals surface area (Å²) < 4.78 is 11.8. The average molecular weight is 399 g/mol. The molecule has 1 amide bonds. The molecule has 1 saturated heterocycles. The van der Waals surface area contributed by atoms with Crippen LogP contribution in [0.1, 0.15) is 37.1 Å². The summed E-state index contributed by atoms with van der Waals surface area (Å²) in [6.45, 7) is 5.07. The highest BCUT2D eigenvalue weighted by molar-refractivity contribution is 6.30. The third-order valence-corrected chi connectivity index (χ3v) is 5.49. The number of carbonyl (C=O) groups excluding carboxylic acids is 1. The molecule has 1 aliphatic heterocycles. The summed E-state index contributed by atoms with van der Waals surface area (Å²) in [5, 5.41) is 0.657. The third kappa shape index (κ3) is 3.85. The van der Waals surface area contributed by atoms with Gasteiger partial charge in [-0.3, -0.25) is 4.79 Å². The first-order valence-corrected chi connectivity index (χ1v) is 9.96. The number of aryl methyl sites for hydroxylation is 1. The first-order chi connectivity index (χ1) is 13.5. The molecule has 5 nitrogen and oxygen atoms in total. The van der Waals surface area contributed by atoms with Crippen LogP contribution in [0.4, 0.5) is 0 Å². The summed E-state index contributed by atoms with van der Waals surface area (Å²) in [6, 6.07) is 13.2. The first kappa shape index (κ1) is 18.8. The number of likely N-dealkylation sites (tertiary alicyclic amines) is 1. The molecule has 6 heteroatoms. The van der Waals surface area contributed by atoms with E-state index in [1.54, 1.807) is 19.1 Å². The van der Waals surface area contributed by atoms with Crippen molar-refractivity contribution in [1.29, 1.82) is 0 Å². The monoisotopic (exact) mass is 398 g/mol. The van der Waals surface area contributed by atoms with Crippen LogP contribution in [0.2, 0.25) is 5.02 Å². The summed E-state index contributed by atoms with van der Waals surface area (Å²) in [6.07, 6.45) is 1.14. The lowest BCUT2D eigenvalue weighted by molar-refractivity contribution is -0.139. The molecule has 0 spiro atoms. The molecule has 0 N–H and O–H groups in total. The standard InChI is InChI=1S/C22H23ClN2O3/c1-14-13-17(23)7-8-19(14)27-15(2)22(26)25-11-9-16(10-12-25)21-24-18-5-3-4-6-20(18)28-21/h3-8,13,15-16H,9-12H2,1-2H3. The Morgan fingerprint density at radius 1 is 1.25 bits per heavy atom. The van der Waals surface area contributed by atoms with Gasteiger partial charge in [-0.2, -0.15) is 0 Å². The average Bonchev–Trinajstić information content (AvgIpc) is 3.14. The number of amides is 1. The van der Waals surface area contributed by atoms with E-state index in [0.29, 0.717) is 23.9 Å². The number of carbonyl (C=O) groups is 1. The Bertz CT molecular complexity index is 959. The Morgan fingerprint density at radius 2 is 2.00 bits per heavy atom. The Hall–Kier alpha value is -2.53. The number of para-hydroxylation sites is 2. The van der Waals surface area contributed by atoms with E-state index in [1.165, 1.54) is 0 Å². The Morgan fingerprint density at radius 3 is 2.71 bits per heavy atom. The number of hydrogen-bond donors (Lipinski definition) is 0. The van der Waals surface area contributed by atoms with Crippen LogP contribution in [0.25, 0.3) is 11.1 Å². The fourth-order valence-corrected chi connectivity index (χ4v) is 3.88. The maximum absolute atomic E-state index is 12.8. The lowest BCUT2D eigenvalue weighted by Gasteiger charge is -2.32. The number of halogens is 1. The number of rotatable bonds is 4. The Kier molecular flexibility index (Phi) is 5.27. The molecule has 3 aromatic rings. The van der Waals surface area contributed by atoms with Gasteiger partial charge >= 0.3 is 0 Å². The molecule has 2 aromatic carbocycles. The van der Waals surface area contributed by atoms with E-state index in [0.717, 1.165) is 35.4 Å². The van der Waals surface area contributed by atoms with Crippen LogP contribution < -0.4 is 4.74 Å². The second-order valence-corrected chi connectivity index (χ2v) is 7.73. The minimum Gasteiger partial charge on any atom is -0.481 e. The number of oxazole rings is 1. The fourth-order valence-electron chi connectivity index (χ4n) is 3.65. The zero-order valence-corrected chi connectivity index (χ0v) is 16.8. The normalized spacial score (nSPS) is 16.3. The number of piperidine rings is 1. The second-order valence-electron chi connectivity index (χ2n) is 7.29. The number of benzene rings is 2. The zero-order chi connectivity index (χ0) is 19.7. The number of nitrogens with zero attached hydrogens (tertiary/aromatic N) is 2. The van der Waals surface area contributed by atoms with Crippen molar-refractivity contribution in [2.24, 2.45) is 0 Å². The summed E-state index contributed by atoms with van der Waals surface area (Å²) in [5.74, 6) is 1.71. The predicted molar refractivity (Wildman–Crippen MR) is 109 cm³/mol. The molecule has 28 heavy (non-hydrogen) atoms. The van der Waals surface area contributed by atoms with Crippen LogP contribution in [0.3, 0.4) is 0 Å². The summed E-state index contributed by atoms with van der Waals surface area (Å²) in [4.78, 5) is 19.3. The van der Waals surface area contributed by atoms with E-state index in [9.17, 15) is 4.79 Å². The summed E-state index contributed by atoms with van der Waals surface area (Å²) >= 11 is 5.98. The number of ether oxygens (including phenoxy) is 1. The van der Waals surface area contributed by atoms with Crippen molar-refractivity contribution in [3.63, 3.8) is 0 Å². The minimum atomic E-state index is -0.541. The van der Waals surface area contributed by atoms with Crippen LogP contribution in [0.15, 0.2) is 46.9 Å². The molecule has 1 aliphatic rings. The lowest BCUT2D eigenvalue weighted by atomic mass is 9.96. The molecule has 1 aromatic heterocycles. The topological polar surface area (TPSA) is 55.6 Å². The van der Waals surface area contributed by atoms with Crippen LogP contribution in [-0.2, 0) is 4.79 Å². The van der Waals surface area contributed by atoms with Crippen molar-refractivity contribution in [1.82, 2.24) is 9.88 Å². The Balaban J connectivity index is 1.36. The number of fused-ring (bicyclic) bond motifs is 1. The van der Waals surface area contributed by atoms with E-state index in [4.69, 9.17) is 20.8 Å². The first-order valence-electron chi connectivity index (χ1n) is 9.58. The van der Waals surface area contributed by atoms with Gasteiger partial charge in [0.2, 0.25) is 0 Å². The minimum absolute atomic E-state index is 0.00497. The molecule has 0 radical (unpaired) electrons. The summed E-state index contributed by atoms with van der Waals surface area (Å²) in [5.41, 5.74) is 2.62. The van der Waals surface area contributed by atoms with Gasteiger partial charge in [0.15, 0.2) is 17.6 Å². The number of aromatic nitrogens is 1.